The number of fused-ring (bicyclic) bond motifs is 1. The van der Waals surface area contributed by atoms with Gasteiger partial charge in [0, 0.05) is 18.8 Å². The van der Waals surface area contributed by atoms with E-state index in [9.17, 15) is 0 Å². The van der Waals surface area contributed by atoms with Gasteiger partial charge < -0.3 is 4.90 Å². The quantitative estimate of drug-likeness (QED) is 0.729. The number of aromatic nitrogens is 2. The topological polar surface area (TPSA) is 20.5 Å². The molecule has 0 saturated carbocycles. The Balaban J connectivity index is 2.09. The van der Waals surface area contributed by atoms with Crippen molar-refractivity contribution in [1.29, 1.82) is 0 Å². The van der Waals surface area contributed by atoms with E-state index >= 15 is 0 Å². The lowest BCUT2D eigenvalue weighted by Gasteiger charge is -2.28. The van der Waals surface area contributed by atoms with E-state index in [-0.39, 0.29) is 0 Å². The van der Waals surface area contributed by atoms with E-state index in [4.69, 9.17) is 0 Å². The number of hydrogen-bond donors (Lipinski definition) is 0. The molecule has 16 heavy (non-hydrogen) atoms. The summed E-state index contributed by atoms with van der Waals surface area (Å²) in [6.45, 7) is 4.48. The smallest absolute Gasteiger partial charge is 0.138 e. The van der Waals surface area contributed by atoms with Crippen LogP contribution in [0, 0.1) is 6.92 Å². The molecule has 0 spiro atoms. The van der Waals surface area contributed by atoms with Crippen molar-refractivity contribution in [1.82, 2.24) is 9.38 Å². The first kappa shape index (κ1) is 9.70. The maximum Gasteiger partial charge on any atom is 0.138 e. The number of piperidine rings is 1. The zero-order chi connectivity index (χ0) is 11.0. The zero-order valence-corrected chi connectivity index (χ0v) is 9.69. The second-order valence-electron chi connectivity index (χ2n) is 4.52. The summed E-state index contributed by atoms with van der Waals surface area (Å²) >= 11 is 0. The molecule has 2 aromatic heterocycles. The number of imidazole rings is 1. The van der Waals surface area contributed by atoms with Crippen molar-refractivity contribution in [2.24, 2.45) is 0 Å². The standard InChI is InChI=1S/C13H17N3/c1-11-6-5-7-12-14-10-13(16(11)12)15-8-3-2-4-9-15/h5-7,10H,2-4,8-9H2,1H3. The summed E-state index contributed by atoms with van der Waals surface area (Å²) in [6.07, 6.45) is 5.98. The number of aryl methyl sites for hydroxylation is 1. The highest BCUT2D eigenvalue weighted by atomic mass is 15.2. The van der Waals surface area contributed by atoms with Gasteiger partial charge in [-0.25, -0.2) is 4.98 Å². The van der Waals surface area contributed by atoms with E-state index in [0.29, 0.717) is 0 Å². The van der Waals surface area contributed by atoms with Crippen LogP contribution in [-0.4, -0.2) is 22.5 Å². The second-order valence-corrected chi connectivity index (χ2v) is 4.52. The Bertz CT molecular complexity index is 495. The Kier molecular flexibility index (Phi) is 2.31. The molecule has 0 aromatic carbocycles. The van der Waals surface area contributed by atoms with Crippen molar-refractivity contribution in [2.45, 2.75) is 26.2 Å². The summed E-state index contributed by atoms with van der Waals surface area (Å²) in [5.41, 5.74) is 2.32. The summed E-state index contributed by atoms with van der Waals surface area (Å²) in [5, 5.41) is 0. The average molecular weight is 215 g/mol. The minimum Gasteiger partial charge on any atom is -0.356 e. The lowest BCUT2D eigenvalue weighted by Crippen LogP contribution is -2.30. The molecule has 3 nitrogen and oxygen atoms in total. The largest absolute Gasteiger partial charge is 0.356 e. The third-order valence-corrected chi connectivity index (χ3v) is 3.39. The van der Waals surface area contributed by atoms with E-state index in [1.807, 2.05) is 6.20 Å². The van der Waals surface area contributed by atoms with E-state index in [2.05, 4.69) is 39.4 Å². The average Bonchev–Trinajstić information content (AvgIpc) is 2.75. The van der Waals surface area contributed by atoms with Crippen molar-refractivity contribution in [2.75, 3.05) is 18.0 Å². The Hall–Kier alpha value is -1.51. The molecule has 0 unspecified atom stereocenters. The summed E-state index contributed by atoms with van der Waals surface area (Å²) < 4.78 is 2.26. The molecule has 3 heteroatoms. The van der Waals surface area contributed by atoms with Crippen LogP contribution < -0.4 is 4.90 Å². The Morgan fingerprint density at radius 1 is 1.12 bits per heavy atom. The van der Waals surface area contributed by atoms with Crippen molar-refractivity contribution >= 4 is 11.5 Å². The van der Waals surface area contributed by atoms with Crippen molar-refractivity contribution in [3.05, 3.63) is 30.1 Å². The first-order valence-electron chi connectivity index (χ1n) is 6.04. The molecule has 1 aliphatic heterocycles. The van der Waals surface area contributed by atoms with Gasteiger partial charge in [-0.1, -0.05) is 6.07 Å². The van der Waals surface area contributed by atoms with E-state index in [0.717, 1.165) is 5.65 Å². The molecular formula is C13H17N3. The van der Waals surface area contributed by atoms with Gasteiger partial charge in [0.15, 0.2) is 0 Å². The highest BCUT2D eigenvalue weighted by molar-refractivity contribution is 5.53. The molecular weight excluding hydrogens is 198 g/mol. The SMILES string of the molecule is Cc1cccc2ncc(N3CCCCC3)n12. The first-order valence-corrected chi connectivity index (χ1v) is 6.04. The highest BCUT2D eigenvalue weighted by Gasteiger charge is 2.15. The molecule has 84 valence electrons. The predicted molar refractivity (Wildman–Crippen MR) is 66.0 cm³/mol. The van der Waals surface area contributed by atoms with Crippen LogP contribution in [0.5, 0.6) is 0 Å². The third kappa shape index (κ3) is 1.47. The van der Waals surface area contributed by atoms with Crippen LogP contribution in [0.25, 0.3) is 5.65 Å². The Morgan fingerprint density at radius 2 is 1.94 bits per heavy atom. The number of rotatable bonds is 1. The molecule has 0 amide bonds. The lowest BCUT2D eigenvalue weighted by atomic mass is 10.1. The first-order chi connectivity index (χ1) is 7.86. The fraction of sp³-hybridized carbons (Fsp3) is 0.462. The fourth-order valence-corrected chi connectivity index (χ4v) is 2.53. The number of anilines is 1. The molecule has 0 aliphatic carbocycles. The number of nitrogens with zero attached hydrogens (tertiary/aromatic N) is 3. The number of pyridine rings is 1. The maximum absolute atomic E-state index is 4.48. The van der Waals surface area contributed by atoms with Gasteiger partial charge in [0.2, 0.25) is 0 Å². The van der Waals surface area contributed by atoms with Gasteiger partial charge in [-0.3, -0.25) is 4.40 Å². The van der Waals surface area contributed by atoms with E-state index in [1.165, 1.54) is 43.9 Å². The molecule has 0 atom stereocenters. The molecule has 0 radical (unpaired) electrons. The molecule has 1 fully saturated rings. The van der Waals surface area contributed by atoms with Crippen LogP contribution in [0.2, 0.25) is 0 Å². The molecule has 3 rings (SSSR count). The van der Waals surface area contributed by atoms with E-state index in [1.54, 1.807) is 0 Å². The Labute approximate surface area is 95.7 Å². The van der Waals surface area contributed by atoms with Crippen molar-refractivity contribution in [3.63, 3.8) is 0 Å². The van der Waals surface area contributed by atoms with Gasteiger partial charge >= 0.3 is 0 Å². The third-order valence-electron chi connectivity index (χ3n) is 3.39. The molecule has 2 aromatic rings. The van der Waals surface area contributed by atoms with Crippen LogP contribution in [0.3, 0.4) is 0 Å². The zero-order valence-electron chi connectivity index (χ0n) is 9.69. The minimum atomic E-state index is 1.06. The van der Waals surface area contributed by atoms with Gasteiger partial charge in [0.1, 0.15) is 11.5 Å². The second kappa shape index (κ2) is 3.81. The summed E-state index contributed by atoms with van der Waals surface area (Å²) in [4.78, 5) is 6.93. The van der Waals surface area contributed by atoms with Crippen molar-refractivity contribution in [3.8, 4) is 0 Å². The van der Waals surface area contributed by atoms with Crippen LogP contribution in [0.15, 0.2) is 24.4 Å². The molecule has 1 saturated heterocycles. The van der Waals surface area contributed by atoms with Gasteiger partial charge in [0.05, 0.1) is 6.20 Å². The van der Waals surface area contributed by atoms with Crippen LogP contribution in [0.4, 0.5) is 5.82 Å². The maximum atomic E-state index is 4.48. The lowest BCUT2D eigenvalue weighted by molar-refractivity contribution is 0.572. The van der Waals surface area contributed by atoms with Gasteiger partial charge in [-0.15, -0.1) is 0 Å². The molecule has 3 heterocycles. The van der Waals surface area contributed by atoms with Gasteiger partial charge in [-0.2, -0.15) is 0 Å². The molecule has 0 bridgehead atoms. The Morgan fingerprint density at radius 3 is 2.75 bits per heavy atom. The van der Waals surface area contributed by atoms with Gasteiger partial charge in [-0.05, 0) is 38.3 Å². The fourth-order valence-electron chi connectivity index (χ4n) is 2.53. The monoisotopic (exact) mass is 215 g/mol. The number of hydrogen-bond acceptors (Lipinski definition) is 2. The summed E-state index contributed by atoms with van der Waals surface area (Å²) in [5.74, 6) is 1.26. The van der Waals surface area contributed by atoms with Gasteiger partial charge in [0.25, 0.3) is 0 Å². The van der Waals surface area contributed by atoms with E-state index < -0.39 is 0 Å². The van der Waals surface area contributed by atoms with Crippen LogP contribution in [-0.2, 0) is 0 Å². The summed E-state index contributed by atoms with van der Waals surface area (Å²) in [7, 11) is 0. The summed E-state index contributed by atoms with van der Waals surface area (Å²) in [6, 6.07) is 6.28. The normalized spacial score (nSPS) is 16.9. The predicted octanol–water partition coefficient (Wildman–Crippen LogP) is 2.63. The molecule has 1 aliphatic rings. The van der Waals surface area contributed by atoms with Crippen molar-refractivity contribution < 1.29 is 0 Å². The van der Waals surface area contributed by atoms with Crippen LogP contribution >= 0.6 is 0 Å². The minimum absolute atomic E-state index is 1.06. The highest BCUT2D eigenvalue weighted by Crippen LogP contribution is 2.22. The van der Waals surface area contributed by atoms with Crippen LogP contribution in [0.1, 0.15) is 25.0 Å². The molecule has 0 N–H and O–H groups in total.